The topological polar surface area (TPSA) is 413 Å². The Kier molecular flexibility index (Phi) is 20.2. The number of aromatic nitrogens is 4. The molecule has 2 fully saturated rings. The van der Waals surface area contributed by atoms with Gasteiger partial charge in [-0.3, -0.25) is 47.1 Å². The fourth-order valence-corrected chi connectivity index (χ4v) is 10.3. The van der Waals surface area contributed by atoms with Crippen LogP contribution < -0.4 is 27.8 Å². The van der Waals surface area contributed by atoms with Crippen molar-refractivity contribution in [1.29, 1.82) is 0 Å². The van der Waals surface area contributed by atoms with E-state index >= 15 is 0 Å². The molecule has 0 spiro atoms. The molecule has 4 heterocycles. The smallest absolute Gasteiger partial charge is 0.390 e. The zero-order valence-corrected chi connectivity index (χ0v) is 38.6. The standard InChI is InChI=1S/C31H48BrN5O23P4/c32-20-16-37(31(44)35-29(20)42)27-14-22(39)23(58-27)17-55-62(48,49)54-12-7-5-3-1-2-4-6-10-25(40)33-11-8-9-19-15-36(30(43)34-28(19)41)26-13-21(38)24(57-26)18-56-63(50,51)60-64(52,53)59-61(45,46)47/h8-9,15-16,21-24,26-27,38-39H,1-7,10-14,17-18H2,(H,33,40)(H,48,49)(H,50,51)(H,52,53)(H,34,41,43)(H,35,42,44)(H2,45,46,47)/b9-8+/t21-,22-,23+,24+,26+,27+/m0/s1. The van der Waals surface area contributed by atoms with Crippen LogP contribution >= 0.6 is 47.2 Å². The molecule has 2 aromatic rings. The minimum Gasteiger partial charge on any atom is -0.390 e. The van der Waals surface area contributed by atoms with Gasteiger partial charge in [-0.15, -0.1) is 0 Å². The van der Waals surface area contributed by atoms with Gasteiger partial charge in [-0.25, -0.2) is 27.8 Å². The average molecular weight is 1060 g/mol. The van der Waals surface area contributed by atoms with Gasteiger partial charge in [-0.05, 0) is 28.8 Å². The first kappa shape index (κ1) is 54.0. The van der Waals surface area contributed by atoms with Crippen molar-refractivity contribution in [3.8, 4) is 0 Å². The summed E-state index contributed by atoms with van der Waals surface area (Å²) >= 11 is 3.02. The van der Waals surface area contributed by atoms with E-state index in [1.807, 2.05) is 0 Å². The SMILES string of the molecule is O=C(CCCCCCCCCOP(=O)(O)OC[C@H]1O[C@@H](n2cc(Br)c(=O)[nH]c2=O)C[C@@H]1O)NC/C=C/c1cn([C@H]2C[C@H](O)[C@@H](COP(=O)(O)OP(=O)(O)OP(=O)(O)O)O2)c(=O)[nH]c1=O. The Morgan fingerprint density at radius 2 is 1.25 bits per heavy atom. The van der Waals surface area contributed by atoms with Crippen molar-refractivity contribution in [2.45, 2.75) is 101 Å². The summed E-state index contributed by atoms with van der Waals surface area (Å²) in [5, 5.41) is 23.3. The number of hydrogen-bond donors (Lipinski definition) is 10. The molecule has 0 bridgehead atoms. The number of nitrogens with zero attached hydrogens (tertiary/aromatic N) is 2. The molecule has 3 unspecified atom stereocenters. The normalized spacial score (nSPS) is 24.4. The summed E-state index contributed by atoms with van der Waals surface area (Å²) in [5.41, 5.74) is -3.16. The summed E-state index contributed by atoms with van der Waals surface area (Å²) in [6.45, 7) is -1.49. The predicted octanol–water partition coefficient (Wildman–Crippen LogP) is 0.873. The Hall–Kier alpha value is -2.59. The molecule has 2 aromatic heterocycles. The Morgan fingerprint density at radius 3 is 1.83 bits per heavy atom. The number of halogens is 1. The number of rotatable bonds is 26. The number of aliphatic hydroxyl groups is 2. The molecular weight excluding hydrogens is 1010 g/mol. The van der Waals surface area contributed by atoms with E-state index in [0.717, 1.165) is 41.0 Å². The van der Waals surface area contributed by atoms with E-state index in [1.165, 1.54) is 18.3 Å². The highest BCUT2D eigenvalue weighted by atomic mass is 79.9. The van der Waals surface area contributed by atoms with Gasteiger partial charge < -0.3 is 49.5 Å². The van der Waals surface area contributed by atoms with Crippen LogP contribution in [-0.4, -0.2) is 110 Å². The Balaban J connectivity index is 1.06. The van der Waals surface area contributed by atoms with Crippen LogP contribution in [-0.2, 0) is 54.7 Å². The van der Waals surface area contributed by atoms with Crippen molar-refractivity contribution in [3.05, 3.63) is 70.2 Å². The first-order valence-corrected chi connectivity index (χ1v) is 26.0. The minimum atomic E-state index is -5.78. The molecule has 2 aliphatic rings. The van der Waals surface area contributed by atoms with Gasteiger partial charge in [-0.2, -0.15) is 8.62 Å². The van der Waals surface area contributed by atoms with E-state index in [4.69, 9.17) is 28.3 Å². The van der Waals surface area contributed by atoms with Gasteiger partial charge in [0.15, 0.2) is 0 Å². The van der Waals surface area contributed by atoms with E-state index in [2.05, 4.69) is 44.4 Å². The molecule has 4 rings (SSSR count). The zero-order chi connectivity index (χ0) is 47.5. The molecule has 10 N–H and O–H groups in total. The third-order valence-electron chi connectivity index (χ3n) is 9.19. The van der Waals surface area contributed by atoms with E-state index in [1.54, 1.807) is 0 Å². The molecule has 0 saturated carbocycles. The van der Waals surface area contributed by atoms with Gasteiger partial charge in [0, 0.05) is 38.2 Å². The van der Waals surface area contributed by atoms with E-state index in [-0.39, 0.29) is 48.4 Å². The highest BCUT2D eigenvalue weighted by Gasteiger charge is 2.43. The number of ether oxygens (including phenoxy) is 2. The van der Waals surface area contributed by atoms with Crippen molar-refractivity contribution in [2.24, 2.45) is 0 Å². The summed E-state index contributed by atoms with van der Waals surface area (Å²) in [6, 6.07) is 0. The summed E-state index contributed by atoms with van der Waals surface area (Å²) in [6.07, 6.45) is 2.79. The monoisotopic (exact) mass is 1060 g/mol. The second-order valence-corrected chi connectivity index (χ2v) is 20.9. The lowest BCUT2D eigenvalue weighted by atomic mass is 10.1. The number of H-pyrrole nitrogens is 2. The Labute approximate surface area is 369 Å². The molecule has 33 heteroatoms. The number of carbonyl (C=O) groups excluding carboxylic acids is 1. The lowest BCUT2D eigenvalue weighted by Crippen LogP contribution is -2.33. The molecule has 2 saturated heterocycles. The number of unbranched alkanes of at least 4 members (excludes halogenated alkanes) is 6. The van der Waals surface area contributed by atoms with Crippen molar-refractivity contribution < 1.29 is 89.4 Å². The maximum atomic E-state index is 12.5. The Morgan fingerprint density at radius 1 is 0.734 bits per heavy atom. The van der Waals surface area contributed by atoms with Crippen LogP contribution in [0.15, 0.2) is 42.1 Å². The number of phosphoric ester groups is 2. The van der Waals surface area contributed by atoms with Gasteiger partial charge in [0.2, 0.25) is 5.91 Å². The number of hydrogen-bond acceptors (Lipinski definition) is 18. The third kappa shape index (κ3) is 17.9. The van der Waals surface area contributed by atoms with Gasteiger partial charge in [-0.1, -0.05) is 44.3 Å². The van der Waals surface area contributed by atoms with Crippen LogP contribution in [0.1, 0.15) is 82.2 Å². The van der Waals surface area contributed by atoms with Crippen LogP contribution in [0, 0.1) is 0 Å². The van der Waals surface area contributed by atoms with Gasteiger partial charge in [0.1, 0.15) is 24.7 Å². The molecule has 362 valence electrons. The van der Waals surface area contributed by atoms with Crippen LogP contribution in [0.5, 0.6) is 0 Å². The van der Waals surface area contributed by atoms with Crippen molar-refractivity contribution in [3.63, 3.8) is 0 Å². The maximum Gasteiger partial charge on any atom is 0.490 e. The van der Waals surface area contributed by atoms with Crippen molar-refractivity contribution in [2.75, 3.05) is 26.4 Å². The molecule has 28 nitrogen and oxygen atoms in total. The highest BCUT2D eigenvalue weighted by molar-refractivity contribution is 9.10. The zero-order valence-electron chi connectivity index (χ0n) is 33.4. The van der Waals surface area contributed by atoms with Crippen LogP contribution in [0.4, 0.5) is 0 Å². The van der Waals surface area contributed by atoms with Crippen molar-refractivity contribution >= 4 is 59.2 Å². The molecule has 2 aliphatic heterocycles. The number of amides is 1. The molecule has 1 amide bonds. The molecule has 9 atom stereocenters. The quantitative estimate of drug-likeness (QED) is 0.0461. The van der Waals surface area contributed by atoms with Crippen LogP contribution in [0.3, 0.4) is 0 Å². The lowest BCUT2D eigenvalue weighted by Gasteiger charge is -2.19. The lowest BCUT2D eigenvalue weighted by molar-refractivity contribution is -0.121. The van der Waals surface area contributed by atoms with Crippen molar-refractivity contribution in [1.82, 2.24) is 24.4 Å². The third-order valence-corrected chi connectivity index (χ3v) is 14.5. The van der Waals surface area contributed by atoms with Gasteiger partial charge in [0.05, 0.1) is 42.1 Å². The molecular formula is C31H48BrN5O23P4. The summed E-state index contributed by atoms with van der Waals surface area (Å²) in [7, 11) is -21.4. The number of carbonyl (C=O) groups is 1. The second kappa shape index (κ2) is 23.9. The fraction of sp³-hybridized carbons (Fsp3) is 0.645. The molecule has 64 heavy (non-hydrogen) atoms. The minimum absolute atomic E-state index is 0.0301. The number of aromatic amines is 2. The summed E-state index contributed by atoms with van der Waals surface area (Å²) in [5.74, 6) is -0.252. The number of phosphoric acid groups is 4. The van der Waals surface area contributed by atoms with E-state index < -0.39 is 104 Å². The van der Waals surface area contributed by atoms with E-state index in [9.17, 15) is 67.1 Å². The number of nitrogens with one attached hydrogen (secondary N) is 3. The second-order valence-electron chi connectivity index (χ2n) is 14.2. The molecule has 0 aliphatic carbocycles. The highest BCUT2D eigenvalue weighted by Crippen LogP contribution is 2.66. The average Bonchev–Trinajstić information content (AvgIpc) is 3.73. The fourth-order valence-electron chi connectivity index (χ4n) is 6.15. The van der Waals surface area contributed by atoms with Crippen LogP contribution in [0.25, 0.3) is 6.08 Å². The van der Waals surface area contributed by atoms with Gasteiger partial charge >= 0.3 is 42.7 Å². The molecule has 0 aromatic carbocycles. The predicted molar refractivity (Wildman–Crippen MR) is 220 cm³/mol. The van der Waals surface area contributed by atoms with Gasteiger partial charge in [0.25, 0.3) is 11.1 Å². The summed E-state index contributed by atoms with van der Waals surface area (Å²) in [4.78, 5) is 111. The largest absolute Gasteiger partial charge is 0.490 e. The summed E-state index contributed by atoms with van der Waals surface area (Å²) < 4.78 is 81.5. The maximum absolute atomic E-state index is 12.5. The van der Waals surface area contributed by atoms with E-state index in [0.29, 0.717) is 19.3 Å². The van der Waals surface area contributed by atoms with Crippen LogP contribution in [0.2, 0.25) is 0 Å². The number of aliphatic hydroxyl groups excluding tert-OH is 2. The first-order valence-electron chi connectivity index (χ1n) is 19.2. The first-order chi connectivity index (χ1) is 29.8. The molecule has 0 radical (unpaired) electrons. The Bertz CT molecular complexity index is 2390.